The highest BCUT2D eigenvalue weighted by Gasteiger charge is 2.12. The minimum absolute atomic E-state index is 0.236. The first-order valence-corrected chi connectivity index (χ1v) is 10.0. The number of nitrogens with one attached hydrogen (secondary N) is 2. The second kappa shape index (κ2) is 9.78. The van der Waals surface area contributed by atoms with Crippen LogP contribution in [0.5, 0.6) is 5.75 Å². The van der Waals surface area contributed by atoms with E-state index in [9.17, 15) is 9.59 Å². The molecule has 0 saturated carbocycles. The molecule has 0 unspecified atom stereocenters. The minimum atomic E-state index is -0.380. The maximum atomic E-state index is 12.2. The summed E-state index contributed by atoms with van der Waals surface area (Å²) < 4.78 is 6.04. The molecular weight excluding hydrogens is 479 g/mol. The maximum absolute atomic E-state index is 12.2. The van der Waals surface area contributed by atoms with Gasteiger partial charge in [0.15, 0.2) is 12.4 Å². The average Bonchev–Trinajstić information content (AvgIpc) is 2.68. The summed E-state index contributed by atoms with van der Waals surface area (Å²) in [5, 5.41) is 6.25. The predicted molar refractivity (Wildman–Crippen MR) is 119 cm³/mol. The molecule has 0 saturated heterocycles. The molecule has 0 spiro atoms. The van der Waals surface area contributed by atoms with Crippen LogP contribution in [0.2, 0.25) is 10.0 Å². The Morgan fingerprint density at radius 1 is 0.897 bits per heavy atom. The van der Waals surface area contributed by atoms with Crippen molar-refractivity contribution in [1.82, 2.24) is 0 Å². The van der Waals surface area contributed by atoms with E-state index in [0.717, 1.165) is 0 Å². The quantitative estimate of drug-likeness (QED) is 0.440. The highest BCUT2D eigenvalue weighted by atomic mass is 79.9. The molecule has 0 radical (unpaired) electrons. The molecular formula is C21H15BrCl2N2O3. The van der Waals surface area contributed by atoms with Crippen molar-refractivity contribution in [3.8, 4) is 5.75 Å². The molecule has 3 aromatic rings. The van der Waals surface area contributed by atoms with Gasteiger partial charge in [-0.2, -0.15) is 0 Å². The van der Waals surface area contributed by atoms with Crippen molar-refractivity contribution in [2.45, 2.75) is 0 Å². The number of amides is 2. The normalized spacial score (nSPS) is 10.3. The third kappa shape index (κ3) is 5.97. The highest BCUT2D eigenvalue weighted by Crippen LogP contribution is 2.36. The number of ether oxygens (including phenoxy) is 1. The van der Waals surface area contributed by atoms with E-state index in [-0.39, 0.29) is 18.4 Å². The Bertz CT molecular complexity index is 1020. The second-order valence-corrected chi connectivity index (χ2v) is 7.63. The minimum Gasteiger partial charge on any atom is -0.481 e. The number of carbonyl (C=O) groups excluding carboxylic acids is 2. The van der Waals surface area contributed by atoms with Crippen LogP contribution >= 0.6 is 39.1 Å². The van der Waals surface area contributed by atoms with Gasteiger partial charge >= 0.3 is 0 Å². The van der Waals surface area contributed by atoms with E-state index in [1.54, 1.807) is 54.6 Å². The number of hydrogen-bond donors (Lipinski definition) is 2. The van der Waals surface area contributed by atoms with Crippen LogP contribution in [0.15, 0.2) is 71.2 Å². The van der Waals surface area contributed by atoms with Crippen molar-refractivity contribution in [3.63, 3.8) is 0 Å². The zero-order valence-corrected chi connectivity index (χ0v) is 18.0. The van der Waals surface area contributed by atoms with Crippen molar-refractivity contribution >= 4 is 62.3 Å². The summed E-state index contributed by atoms with van der Waals surface area (Å²) in [7, 11) is 0. The Morgan fingerprint density at radius 3 is 2.28 bits per heavy atom. The van der Waals surface area contributed by atoms with Gasteiger partial charge in [0.05, 0.1) is 9.50 Å². The summed E-state index contributed by atoms with van der Waals surface area (Å²) in [6.45, 7) is -0.249. The molecule has 0 fully saturated rings. The monoisotopic (exact) mass is 492 g/mol. The zero-order chi connectivity index (χ0) is 20.8. The van der Waals surface area contributed by atoms with Crippen LogP contribution in [0.3, 0.4) is 0 Å². The third-order valence-electron chi connectivity index (χ3n) is 3.75. The first-order chi connectivity index (χ1) is 13.9. The maximum Gasteiger partial charge on any atom is 0.262 e. The second-order valence-electron chi connectivity index (χ2n) is 5.94. The van der Waals surface area contributed by atoms with Crippen LogP contribution in [0.25, 0.3) is 0 Å². The molecule has 3 rings (SSSR count). The molecule has 0 heterocycles. The van der Waals surface area contributed by atoms with Gasteiger partial charge in [0.2, 0.25) is 0 Å². The van der Waals surface area contributed by atoms with E-state index in [2.05, 4.69) is 26.6 Å². The molecule has 0 aromatic heterocycles. The van der Waals surface area contributed by atoms with Gasteiger partial charge in [-0.3, -0.25) is 9.59 Å². The smallest absolute Gasteiger partial charge is 0.262 e. The van der Waals surface area contributed by atoms with Gasteiger partial charge in [-0.05, 0) is 58.4 Å². The summed E-state index contributed by atoms with van der Waals surface area (Å²) >= 11 is 15.3. The third-order valence-corrected chi connectivity index (χ3v) is 4.84. The van der Waals surface area contributed by atoms with Crippen LogP contribution in [0.4, 0.5) is 11.4 Å². The van der Waals surface area contributed by atoms with E-state index in [1.807, 2.05) is 6.07 Å². The molecule has 0 aliphatic heterocycles. The van der Waals surface area contributed by atoms with E-state index in [1.165, 1.54) is 6.07 Å². The first kappa shape index (κ1) is 21.2. The lowest BCUT2D eigenvalue weighted by Crippen LogP contribution is -2.20. The summed E-state index contributed by atoms with van der Waals surface area (Å²) in [5.41, 5.74) is 1.62. The van der Waals surface area contributed by atoms with Crippen molar-refractivity contribution in [2.75, 3.05) is 17.2 Å². The van der Waals surface area contributed by atoms with Gasteiger partial charge in [0, 0.05) is 22.0 Å². The van der Waals surface area contributed by atoms with Gasteiger partial charge < -0.3 is 15.4 Å². The van der Waals surface area contributed by atoms with Crippen LogP contribution in [0, 0.1) is 0 Å². The van der Waals surface area contributed by atoms with E-state index < -0.39 is 0 Å². The largest absolute Gasteiger partial charge is 0.481 e. The molecule has 8 heteroatoms. The molecule has 148 valence electrons. The van der Waals surface area contributed by atoms with Crippen LogP contribution in [-0.2, 0) is 4.79 Å². The Hall–Kier alpha value is -2.54. The van der Waals surface area contributed by atoms with Crippen LogP contribution in [0.1, 0.15) is 10.4 Å². The Labute approximate surface area is 186 Å². The predicted octanol–water partition coefficient (Wildman–Crippen LogP) is 6.03. The Morgan fingerprint density at radius 2 is 1.59 bits per heavy atom. The Kier molecular flexibility index (Phi) is 7.14. The fourth-order valence-electron chi connectivity index (χ4n) is 2.47. The molecule has 29 heavy (non-hydrogen) atoms. The SMILES string of the molecule is O=C(COc1c(Cl)cc(Cl)cc1Br)Nc1cccc(NC(=O)c2ccccc2)c1. The van der Waals surface area contributed by atoms with E-state index in [4.69, 9.17) is 27.9 Å². The van der Waals surface area contributed by atoms with Gasteiger partial charge in [0.25, 0.3) is 11.8 Å². The zero-order valence-electron chi connectivity index (χ0n) is 14.9. The molecule has 0 bridgehead atoms. The van der Waals surface area contributed by atoms with Crippen molar-refractivity contribution in [2.24, 2.45) is 0 Å². The highest BCUT2D eigenvalue weighted by molar-refractivity contribution is 9.10. The van der Waals surface area contributed by atoms with Crippen molar-refractivity contribution in [3.05, 3.63) is 86.8 Å². The number of rotatable bonds is 6. The summed E-state index contributed by atoms with van der Waals surface area (Å²) in [6, 6.07) is 18.8. The van der Waals surface area contributed by atoms with Crippen LogP contribution in [-0.4, -0.2) is 18.4 Å². The number of anilines is 2. The Balaban J connectivity index is 1.60. The fourth-order valence-corrected chi connectivity index (χ4v) is 3.84. The molecule has 0 aliphatic rings. The molecule has 2 amide bonds. The fraction of sp³-hybridized carbons (Fsp3) is 0.0476. The summed E-state index contributed by atoms with van der Waals surface area (Å²) in [4.78, 5) is 24.5. The summed E-state index contributed by atoms with van der Waals surface area (Å²) in [5.74, 6) is -0.288. The lowest BCUT2D eigenvalue weighted by Gasteiger charge is -2.12. The molecule has 0 atom stereocenters. The van der Waals surface area contributed by atoms with Gasteiger partial charge in [-0.1, -0.05) is 47.5 Å². The molecule has 3 aromatic carbocycles. The van der Waals surface area contributed by atoms with Crippen molar-refractivity contribution in [1.29, 1.82) is 0 Å². The number of carbonyl (C=O) groups is 2. The number of halogens is 3. The first-order valence-electron chi connectivity index (χ1n) is 8.46. The topological polar surface area (TPSA) is 67.4 Å². The molecule has 0 aliphatic carbocycles. The summed E-state index contributed by atoms with van der Waals surface area (Å²) in [6.07, 6.45) is 0. The lowest BCUT2D eigenvalue weighted by molar-refractivity contribution is -0.118. The molecule has 2 N–H and O–H groups in total. The molecule has 5 nitrogen and oxygen atoms in total. The lowest BCUT2D eigenvalue weighted by atomic mass is 10.2. The van der Waals surface area contributed by atoms with Gasteiger partial charge in [-0.25, -0.2) is 0 Å². The van der Waals surface area contributed by atoms with E-state index in [0.29, 0.717) is 37.2 Å². The van der Waals surface area contributed by atoms with E-state index >= 15 is 0 Å². The standard InChI is InChI=1S/C21H15BrCl2N2O3/c22-17-9-14(23)10-18(24)20(17)29-12-19(27)25-15-7-4-8-16(11-15)26-21(28)13-5-2-1-3-6-13/h1-11H,12H2,(H,25,27)(H,26,28). The average molecular weight is 494 g/mol. The van der Waals surface area contributed by atoms with Gasteiger partial charge in [-0.15, -0.1) is 0 Å². The van der Waals surface area contributed by atoms with Crippen LogP contribution < -0.4 is 15.4 Å². The van der Waals surface area contributed by atoms with Crippen molar-refractivity contribution < 1.29 is 14.3 Å². The van der Waals surface area contributed by atoms with Gasteiger partial charge in [0.1, 0.15) is 0 Å². The number of benzene rings is 3. The number of hydrogen-bond acceptors (Lipinski definition) is 3.